The Hall–Kier alpha value is -7.53. The van der Waals surface area contributed by atoms with Gasteiger partial charge < -0.3 is 72.2 Å². The fourth-order valence-corrected chi connectivity index (χ4v) is 11.8. The number of benzene rings is 8. The Morgan fingerprint density at radius 3 is 1.00 bits per heavy atom. The topological polar surface area (TPSA) is 220 Å². The van der Waals surface area contributed by atoms with Crippen LogP contribution in [-0.2, 0) is 110 Å². The van der Waals surface area contributed by atoms with E-state index >= 15 is 0 Å². The van der Waals surface area contributed by atoms with E-state index in [9.17, 15) is 20.9 Å². The van der Waals surface area contributed by atoms with E-state index < -0.39 is 105 Å². The molecule has 3 aliphatic rings. The van der Waals surface area contributed by atoms with Gasteiger partial charge in [-0.05, 0) is 50.0 Å². The van der Waals surface area contributed by atoms with Crippen molar-refractivity contribution in [3.63, 3.8) is 0 Å². The molecule has 92 heavy (non-hydrogen) atoms. The van der Waals surface area contributed by atoms with E-state index in [1.807, 2.05) is 243 Å². The first-order valence-corrected chi connectivity index (χ1v) is 31.2. The van der Waals surface area contributed by atoms with E-state index in [4.69, 9.17) is 56.8 Å². The highest BCUT2D eigenvalue weighted by atomic mass is 16.8. The Balaban J connectivity index is 0.986. The summed E-state index contributed by atoms with van der Waals surface area (Å²) in [5.41, 5.74) is 17.5. The molecule has 0 bridgehead atoms. The summed E-state index contributed by atoms with van der Waals surface area (Å²) in [7, 11) is 0. The van der Waals surface area contributed by atoms with Gasteiger partial charge in [0.05, 0.1) is 66.1 Å². The molecule has 8 aromatic carbocycles. The number of hydrogen-bond acceptors (Lipinski definition) is 16. The fourth-order valence-electron chi connectivity index (χ4n) is 11.8. The zero-order valence-corrected chi connectivity index (χ0v) is 51.0. The fraction of sp³-hybridized carbons (Fsp3) is 0.351. The molecule has 2 aliphatic heterocycles. The molecule has 3 fully saturated rings. The zero-order valence-electron chi connectivity index (χ0n) is 51.0. The molecule has 18 nitrogen and oxygen atoms in total. The molecule has 16 atom stereocenters. The van der Waals surface area contributed by atoms with E-state index in [1.54, 1.807) is 0 Å². The average molecular weight is 1250 g/mol. The van der Waals surface area contributed by atoms with Gasteiger partial charge in [-0.1, -0.05) is 248 Å². The first-order valence-electron chi connectivity index (χ1n) is 31.2. The molecule has 480 valence electrons. The number of nitrogens with zero attached hydrogens (tertiary/aromatic N) is 3. The molecule has 1 aliphatic carbocycles. The van der Waals surface area contributed by atoms with Gasteiger partial charge in [-0.2, -0.15) is 0 Å². The normalized spacial score (nSPS) is 27.2. The molecular formula is C74H79N3O15. The molecule has 2 saturated heterocycles. The van der Waals surface area contributed by atoms with E-state index in [0.717, 1.165) is 44.5 Å². The zero-order chi connectivity index (χ0) is 63.1. The lowest BCUT2D eigenvalue weighted by Gasteiger charge is -2.51. The van der Waals surface area contributed by atoms with Gasteiger partial charge in [-0.3, -0.25) is 0 Å². The molecule has 2 heterocycles. The average Bonchev–Trinajstić information content (AvgIpc) is 0.856. The highest BCUT2D eigenvalue weighted by Gasteiger charge is 2.58. The van der Waals surface area contributed by atoms with Gasteiger partial charge in [-0.25, -0.2) is 0 Å². The highest BCUT2D eigenvalue weighted by molar-refractivity contribution is 5.20. The summed E-state index contributed by atoms with van der Waals surface area (Å²) in [4.78, 5) is 3.40. The van der Waals surface area contributed by atoms with Crippen molar-refractivity contribution in [3.8, 4) is 0 Å². The van der Waals surface area contributed by atoms with Gasteiger partial charge in [0.15, 0.2) is 12.6 Å². The van der Waals surface area contributed by atoms with Gasteiger partial charge in [-0.15, -0.1) is 0 Å². The third kappa shape index (κ3) is 18.0. The minimum Gasteiger partial charge on any atom is -0.394 e. The number of aliphatic hydroxyl groups is 3. The van der Waals surface area contributed by atoms with Crippen molar-refractivity contribution in [2.75, 3.05) is 13.2 Å². The summed E-state index contributed by atoms with van der Waals surface area (Å²) in [6.07, 6.45) is -18.8. The Bertz CT molecular complexity index is 3410. The molecule has 0 amide bonds. The maximum absolute atomic E-state index is 12.7. The van der Waals surface area contributed by atoms with Crippen molar-refractivity contribution in [2.45, 2.75) is 151 Å². The van der Waals surface area contributed by atoms with E-state index in [2.05, 4.69) is 10.0 Å². The summed E-state index contributed by atoms with van der Waals surface area (Å²) in [6.45, 7) is -0.0133. The van der Waals surface area contributed by atoms with Crippen LogP contribution >= 0.6 is 0 Å². The number of aliphatic hydroxyl groups excluding tert-OH is 3. The summed E-state index contributed by atoms with van der Waals surface area (Å²) in [5.74, 6) is 0. The quantitative estimate of drug-likeness (QED) is 0.0209. The number of ether oxygens (including phenoxy) is 12. The molecule has 0 unspecified atom stereocenters. The lowest BCUT2D eigenvalue weighted by molar-refractivity contribution is -0.372. The van der Waals surface area contributed by atoms with Crippen LogP contribution in [0.25, 0.3) is 10.4 Å². The van der Waals surface area contributed by atoms with Crippen LogP contribution in [0.2, 0.25) is 0 Å². The molecule has 3 N–H and O–H groups in total. The van der Waals surface area contributed by atoms with Gasteiger partial charge >= 0.3 is 0 Å². The third-order valence-electron chi connectivity index (χ3n) is 16.5. The highest BCUT2D eigenvalue weighted by Crippen LogP contribution is 2.40. The van der Waals surface area contributed by atoms with E-state index in [1.165, 1.54) is 0 Å². The predicted octanol–water partition coefficient (Wildman–Crippen LogP) is 10.9. The Morgan fingerprint density at radius 2 is 0.620 bits per heavy atom. The number of hydrogen-bond donors (Lipinski definition) is 3. The standard InChI is InChI=1S/C74H79N3O15/c75-77-76-61-66(83-44-53-29-13-3-14-30-53)65(91-74-72(88-49-58-39-23-8-24-40-58)69(85-46-55-33-17-5-18-34-55)64(59(41-78)89-74)82-43-52-27-11-2-12-28-52)60(50-81-42-51-25-9-1-10-26-51)90-73(61)92-68-63(80)62(79)67(84-45-54-31-15-4-16-32-54)70(86-47-56-35-19-6-20-36-56)71(68)87-48-57-37-21-7-22-38-57/h1-40,59-74,78-80H,41-50H2/t59-,60-,61-,62+,63-,64+,65-,66-,67+,68+,69+,70-,71-,72-,73-,74-/m1/s1. The molecular weight excluding hydrogens is 1170 g/mol. The first-order chi connectivity index (χ1) is 45.4. The predicted molar refractivity (Wildman–Crippen MR) is 340 cm³/mol. The maximum atomic E-state index is 12.7. The lowest BCUT2D eigenvalue weighted by atomic mass is 9.83. The van der Waals surface area contributed by atoms with Crippen LogP contribution in [0.4, 0.5) is 0 Å². The molecule has 8 aromatic rings. The minimum atomic E-state index is -1.72. The van der Waals surface area contributed by atoms with Gasteiger partial charge in [0.1, 0.15) is 85.4 Å². The summed E-state index contributed by atoms with van der Waals surface area (Å²) < 4.78 is 83.2. The SMILES string of the molecule is [N-]=[N+]=N[C@H]1[C@@H](O[C@H]2[C@H](O)[C@H](O)[C@H](OCc3ccccc3)[C@@H](OCc3ccccc3)[C@@H]2OCc2ccccc2)O[C@H](COCc2ccccc2)[C@@H](O[C@H]2O[C@H](CO)[C@H](OCc3ccccc3)[C@H](OCc3ccccc3)[C@H]2OCc2ccccc2)[C@@H]1OCc1ccccc1. The van der Waals surface area contributed by atoms with Crippen molar-refractivity contribution in [2.24, 2.45) is 5.11 Å². The van der Waals surface area contributed by atoms with Crippen LogP contribution in [0.5, 0.6) is 0 Å². The molecule has 0 aromatic heterocycles. The maximum Gasteiger partial charge on any atom is 0.187 e. The second-order valence-corrected chi connectivity index (χ2v) is 23.0. The van der Waals surface area contributed by atoms with Crippen LogP contribution in [0.1, 0.15) is 44.5 Å². The molecule has 11 rings (SSSR count). The molecule has 1 saturated carbocycles. The Labute approximate surface area is 536 Å². The van der Waals surface area contributed by atoms with E-state index in [-0.39, 0.29) is 59.5 Å². The Morgan fingerprint density at radius 1 is 0.326 bits per heavy atom. The molecule has 0 radical (unpaired) electrons. The summed E-state index contributed by atoms with van der Waals surface area (Å²) in [5, 5.41) is 41.1. The van der Waals surface area contributed by atoms with Crippen LogP contribution in [0.15, 0.2) is 248 Å². The smallest absolute Gasteiger partial charge is 0.187 e. The molecule has 0 spiro atoms. The van der Waals surface area contributed by atoms with Crippen molar-refractivity contribution < 1.29 is 72.2 Å². The van der Waals surface area contributed by atoms with Gasteiger partial charge in [0.2, 0.25) is 0 Å². The minimum absolute atomic E-state index is 0.0204. The van der Waals surface area contributed by atoms with Crippen LogP contribution < -0.4 is 0 Å². The van der Waals surface area contributed by atoms with Gasteiger partial charge in [0.25, 0.3) is 0 Å². The summed E-state index contributed by atoms with van der Waals surface area (Å²) in [6, 6.07) is 75.3. The second-order valence-electron chi connectivity index (χ2n) is 23.0. The van der Waals surface area contributed by atoms with Crippen molar-refractivity contribution >= 4 is 0 Å². The largest absolute Gasteiger partial charge is 0.394 e. The first kappa shape index (κ1) is 65.9. The van der Waals surface area contributed by atoms with Crippen molar-refractivity contribution in [1.29, 1.82) is 0 Å². The monoisotopic (exact) mass is 1250 g/mol. The Kier molecular flexibility index (Phi) is 24.7. The third-order valence-corrected chi connectivity index (χ3v) is 16.5. The second kappa shape index (κ2) is 34.4. The van der Waals surface area contributed by atoms with Crippen LogP contribution in [0.3, 0.4) is 0 Å². The van der Waals surface area contributed by atoms with Gasteiger partial charge in [0, 0.05) is 4.91 Å². The van der Waals surface area contributed by atoms with Crippen LogP contribution in [-0.4, -0.2) is 127 Å². The summed E-state index contributed by atoms with van der Waals surface area (Å²) >= 11 is 0. The lowest BCUT2D eigenvalue weighted by Crippen LogP contribution is -2.69. The number of rotatable bonds is 31. The van der Waals surface area contributed by atoms with E-state index in [0.29, 0.717) is 0 Å². The van der Waals surface area contributed by atoms with Crippen molar-refractivity contribution in [3.05, 3.63) is 298 Å². The van der Waals surface area contributed by atoms with Crippen LogP contribution in [0, 0.1) is 0 Å². The van der Waals surface area contributed by atoms with Crippen molar-refractivity contribution in [1.82, 2.24) is 0 Å². The molecule has 18 heteroatoms. The number of azide groups is 1.